The van der Waals surface area contributed by atoms with Crippen LogP contribution in [0.15, 0.2) is 101 Å². The second-order valence-electron chi connectivity index (χ2n) is 9.12. The van der Waals surface area contributed by atoms with Crippen LogP contribution in [-0.4, -0.2) is 14.5 Å². The lowest BCUT2D eigenvalue weighted by Gasteiger charge is -2.15. The zero-order valence-corrected chi connectivity index (χ0v) is 19.0. The number of imidazole rings is 1. The summed E-state index contributed by atoms with van der Waals surface area (Å²) in [5.41, 5.74) is 5.96. The van der Waals surface area contributed by atoms with Gasteiger partial charge in [-0.05, 0) is 62.6 Å². The highest BCUT2D eigenvalue weighted by Crippen LogP contribution is 2.42. The van der Waals surface area contributed by atoms with Crippen LogP contribution in [0.2, 0.25) is 0 Å². The van der Waals surface area contributed by atoms with Crippen LogP contribution in [0.4, 0.5) is 0 Å². The van der Waals surface area contributed by atoms with Crippen molar-refractivity contribution in [2.24, 2.45) is 7.05 Å². The van der Waals surface area contributed by atoms with Gasteiger partial charge >= 0.3 is 0 Å². The van der Waals surface area contributed by atoms with E-state index in [1.165, 1.54) is 26.9 Å². The molecule has 0 N–H and O–H groups in total. The van der Waals surface area contributed by atoms with E-state index in [1.54, 1.807) is 0 Å². The maximum absolute atomic E-state index is 6.16. The Bertz CT molecular complexity index is 2050. The van der Waals surface area contributed by atoms with Crippen LogP contribution in [0.1, 0.15) is 0 Å². The van der Waals surface area contributed by atoms with Gasteiger partial charge < -0.3 is 8.98 Å². The summed E-state index contributed by atoms with van der Waals surface area (Å²) < 4.78 is 8.35. The molecule has 0 saturated heterocycles. The van der Waals surface area contributed by atoms with Crippen molar-refractivity contribution in [3.8, 4) is 22.8 Å². The quantitative estimate of drug-likeness (QED) is 0.252. The maximum atomic E-state index is 6.16. The summed E-state index contributed by atoms with van der Waals surface area (Å²) in [6.45, 7) is 0. The molecule has 6 aromatic carbocycles. The first kappa shape index (κ1) is 18.7. The molecule has 35 heavy (non-hydrogen) atoms. The summed E-state index contributed by atoms with van der Waals surface area (Å²) in [6, 6.07) is 33.8. The van der Waals surface area contributed by atoms with Gasteiger partial charge in [-0.15, -0.1) is 0 Å². The van der Waals surface area contributed by atoms with Gasteiger partial charge in [-0.1, -0.05) is 66.7 Å². The monoisotopic (exact) mass is 449 g/mol. The fraction of sp³-hybridized carbons (Fsp3) is 0.0323. The molecule has 0 bridgehead atoms. The lowest BCUT2D eigenvalue weighted by molar-refractivity contribution is 0.620. The van der Waals surface area contributed by atoms with Gasteiger partial charge in [0.2, 0.25) is 5.89 Å². The summed E-state index contributed by atoms with van der Waals surface area (Å²) in [6.07, 6.45) is 0. The van der Waals surface area contributed by atoms with Gasteiger partial charge in [0.05, 0.1) is 11.0 Å². The van der Waals surface area contributed by atoms with Gasteiger partial charge in [0.1, 0.15) is 11.3 Å². The van der Waals surface area contributed by atoms with E-state index >= 15 is 0 Å². The first-order valence-corrected chi connectivity index (χ1v) is 11.7. The second kappa shape index (κ2) is 6.67. The van der Waals surface area contributed by atoms with Crippen molar-refractivity contribution in [1.82, 2.24) is 14.5 Å². The highest BCUT2D eigenvalue weighted by molar-refractivity contribution is 6.27. The van der Waals surface area contributed by atoms with Crippen molar-refractivity contribution in [2.45, 2.75) is 0 Å². The van der Waals surface area contributed by atoms with E-state index in [4.69, 9.17) is 14.4 Å². The molecule has 0 saturated carbocycles. The minimum atomic E-state index is 0.653. The van der Waals surface area contributed by atoms with Crippen LogP contribution >= 0.6 is 0 Å². The van der Waals surface area contributed by atoms with Crippen molar-refractivity contribution < 1.29 is 4.42 Å². The average molecular weight is 450 g/mol. The van der Waals surface area contributed by atoms with Crippen molar-refractivity contribution in [1.29, 1.82) is 0 Å². The molecule has 4 nitrogen and oxygen atoms in total. The molecule has 164 valence electrons. The molecule has 4 heteroatoms. The molecule has 2 heterocycles. The van der Waals surface area contributed by atoms with Gasteiger partial charge in [0.25, 0.3) is 0 Å². The van der Waals surface area contributed by atoms with E-state index in [0.29, 0.717) is 5.89 Å². The standard InChI is InChI=1S/C31H19N3O/c1-34-26-8-4-2-6-24(26)32-30(34)22-16-12-18-11-15-21-23(31-33-25-7-3-5-9-27(25)35-31)17-13-19-10-14-20(22)28(18)29(19)21/h2-17H,1H3. The molecular weight excluding hydrogens is 430 g/mol. The van der Waals surface area contributed by atoms with Gasteiger partial charge in [-0.2, -0.15) is 0 Å². The number of aromatic nitrogens is 3. The number of rotatable bonds is 2. The Morgan fingerprint density at radius 1 is 0.600 bits per heavy atom. The number of benzene rings is 6. The Kier molecular flexibility index (Phi) is 3.56. The third-order valence-electron chi connectivity index (χ3n) is 7.22. The van der Waals surface area contributed by atoms with Crippen molar-refractivity contribution in [3.63, 3.8) is 0 Å². The SMILES string of the molecule is Cn1c(-c2ccc3ccc4c(-c5nc6ccccc6o5)ccc5ccc2c3c54)nc2ccccc21. The second-order valence-corrected chi connectivity index (χ2v) is 9.12. The van der Waals surface area contributed by atoms with Gasteiger partial charge in [0, 0.05) is 18.2 Å². The molecule has 0 fully saturated rings. The minimum absolute atomic E-state index is 0.653. The summed E-state index contributed by atoms with van der Waals surface area (Å²) in [5.74, 6) is 1.63. The zero-order valence-electron chi connectivity index (χ0n) is 19.0. The highest BCUT2D eigenvalue weighted by atomic mass is 16.3. The number of hydrogen-bond donors (Lipinski definition) is 0. The van der Waals surface area contributed by atoms with Crippen LogP contribution in [0.5, 0.6) is 0 Å². The van der Waals surface area contributed by atoms with Gasteiger partial charge in [-0.3, -0.25) is 0 Å². The van der Waals surface area contributed by atoms with E-state index in [2.05, 4.69) is 78.3 Å². The fourth-order valence-corrected chi connectivity index (χ4v) is 5.56. The van der Waals surface area contributed by atoms with E-state index in [0.717, 1.165) is 44.5 Å². The largest absolute Gasteiger partial charge is 0.436 e. The number of nitrogens with zero attached hydrogens (tertiary/aromatic N) is 3. The number of aryl methyl sites for hydroxylation is 1. The lowest BCUT2D eigenvalue weighted by atomic mass is 9.90. The Hall–Kier alpha value is -4.70. The lowest BCUT2D eigenvalue weighted by Crippen LogP contribution is -1.95. The maximum Gasteiger partial charge on any atom is 0.227 e. The van der Waals surface area contributed by atoms with Crippen molar-refractivity contribution in [3.05, 3.63) is 97.1 Å². The number of fused-ring (bicyclic) bond motifs is 2. The predicted molar refractivity (Wildman–Crippen MR) is 143 cm³/mol. The zero-order chi connectivity index (χ0) is 23.1. The van der Waals surface area contributed by atoms with E-state index < -0.39 is 0 Å². The molecule has 8 aromatic rings. The molecule has 0 aliphatic carbocycles. The molecule has 0 unspecified atom stereocenters. The molecule has 0 aliphatic heterocycles. The molecular formula is C31H19N3O. The molecule has 0 amide bonds. The Labute approximate surface area is 200 Å². The third kappa shape index (κ3) is 2.51. The van der Waals surface area contributed by atoms with Crippen LogP contribution in [0, 0.1) is 0 Å². The number of para-hydroxylation sites is 4. The first-order chi connectivity index (χ1) is 17.3. The normalized spacial score (nSPS) is 12.1. The topological polar surface area (TPSA) is 43.9 Å². The third-order valence-corrected chi connectivity index (χ3v) is 7.22. The van der Waals surface area contributed by atoms with Crippen LogP contribution in [0.3, 0.4) is 0 Å². The van der Waals surface area contributed by atoms with E-state index in [-0.39, 0.29) is 0 Å². The van der Waals surface area contributed by atoms with Crippen LogP contribution in [0.25, 0.3) is 77.3 Å². The van der Waals surface area contributed by atoms with E-state index in [1.807, 2.05) is 30.3 Å². The molecule has 0 aliphatic rings. The van der Waals surface area contributed by atoms with Crippen LogP contribution in [-0.2, 0) is 7.05 Å². The van der Waals surface area contributed by atoms with Gasteiger partial charge in [-0.25, -0.2) is 9.97 Å². The molecule has 8 rings (SSSR count). The van der Waals surface area contributed by atoms with Gasteiger partial charge in [0.15, 0.2) is 5.58 Å². The van der Waals surface area contributed by atoms with E-state index in [9.17, 15) is 0 Å². The average Bonchev–Trinajstić information content (AvgIpc) is 3.48. The Morgan fingerprint density at radius 3 is 1.97 bits per heavy atom. The number of hydrogen-bond acceptors (Lipinski definition) is 3. The van der Waals surface area contributed by atoms with Crippen molar-refractivity contribution >= 4 is 54.5 Å². The smallest absolute Gasteiger partial charge is 0.227 e. The molecule has 0 radical (unpaired) electrons. The molecule has 0 atom stereocenters. The summed E-state index contributed by atoms with van der Waals surface area (Å²) in [5, 5.41) is 7.27. The first-order valence-electron chi connectivity index (χ1n) is 11.7. The summed E-state index contributed by atoms with van der Waals surface area (Å²) in [7, 11) is 2.09. The Balaban J connectivity index is 1.46. The predicted octanol–water partition coefficient (Wildman–Crippen LogP) is 7.95. The number of oxazole rings is 1. The molecule has 0 spiro atoms. The van der Waals surface area contributed by atoms with Crippen molar-refractivity contribution in [2.75, 3.05) is 0 Å². The summed E-state index contributed by atoms with van der Waals surface area (Å²) in [4.78, 5) is 9.78. The highest BCUT2D eigenvalue weighted by Gasteiger charge is 2.19. The van der Waals surface area contributed by atoms with Crippen LogP contribution < -0.4 is 0 Å². The fourth-order valence-electron chi connectivity index (χ4n) is 5.56. The Morgan fingerprint density at radius 2 is 1.23 bits per heavy atom. The molecule has 2 aromatic heterocycles. The minimum Gasteiger partial charge on any atom is -0.436 e. The summed E-state index contributed by atoms with van der Waals surface area (Å²) >= 11 is 0.